The standard InChI is InChI=1S/C19H11Cl2F2N3OS/c20-11-2-1-3-12(21)17(11)18-14-5-7-16(25-26(14)9-24-19(18)27)28-15-6-4-10(22)8-13(15)23/h1-9,14,18H. The van der Waals surface area contributed by atoms with Gasteiger partial charge in [-0.1, -0.05) is 47.1 Å². The highest BCUT2D eigenvalue weighted by molar-refractivity contribution is 8.14. The first-order chi connectivity index (χ1) is 13.4. The Hall–Kier alpha value is -2.22. The third-order valence-corrected chi connectivity index (χ3v) is 5.92. The Kier molecular flexibility index (Phi) is 5.23. The first kappa shape index (κ1) is 19.1. The second-order valence-corrected chi connectivity index (χ2v) is 7.92. The molecule has 0 bridgehead atoms. The van der Waals surface area contributed by atoms with Crippen LogP contribution in [-0.4, -0.2) is 28.3 Å². The number of hydrazone groups is 1. The largest absolute Gasteiger partial charge is 0.272 e. The van der Waals surface area contributed by atoms with Crippen LogP contribution in [0.1, 0.15) is 11.5 Å². The van der Waals surface area contributed by atoms with Crippen LogP contribution in [0.5, 0.6) is 0 Å². The summed E-state index contributed by atoms with van der Waals surface area (Å²) in [6, 6.07) is 7.89. The average Bonchev–Trinajstić information content (AvgIpc) is 2.65. The fourth-order valence-corrected chi connectivity index (χ4v) is 4.45. The molecule has 4 nitrogen and oxygen atoms in total. The second-order valence-electron chi connectivity index (χ2n) is 6.04. The number of fused-ring (bicyclic) bond motifs is 1. The fourth-order valence-electron chi connectivity index (χ4n) is 3.02. The van der Waals surface area contributed by atoms with Gasteiger partial charge in [0.15, 0.2) is 0 Å². The Bertz CT molecular complexity index is 1040. The van der Waals surface area contributed by atoms with Crippen molar-refractivity contribution in [3.05, 3.63) is 75.8 Å². The minimum Gasteiger partial charge on any atom is -0.272 e. The number of thioether (sulfide) groups is 1. The molecule has 28 heavy (non-hydrogen) atoms. The Morgan fingerprint density at radius 1 is 1.11 bits per heavy atom. The summed E-state index contributed by atoms with van der Waals surface area (Å²) in [7, 11) is 0. The lowest BCUT2D eigenvalue weighted by atomic mass is 9.88. The second kappa shape index (κ2) is 7.66. The number of nitrogens with zero attached hydrogens (tertiary/aromatic N) is 3. The first-order valence-corrected chi connectivity index (χ1v) is 9.71. The molecule has 2 aliphatic heterocycles. The summed E-state index contributed by atoms with van der Waals surface area (Å²) in [4.78, 5) is 16.6. The number of carbonyl (C=O) groups is 1. The van der Waals surface area contributed by atoms with E-state index in [9.17, 15) is 13.6 Å². The van der Waals surface area contributed by atoms with Gasteiger partial charge >= 0.3 is 0 Å². The monoisotopic (exact) mass is 437 g/mol. The zero-order valence-corrected chi connectivity index (χ0v) is 16.3. The molecule has 0 fully saturated rings. The van der Waals surface area contributed by atoms with Gasteiger partial charge in [0, 0.05) is 26.6 Å². The summed E-state index contributed by atoms with van der Waals surface area (Å²) in [5, 5.41) is 7.12. The van der Waals surface area contributed by atoms with Gasteiger partial charge in [0.1, 0.15) is 23.0 Å². The summed E-state index contributed by atoms with van der Waals surface area (Å²) in [5.74, 6) is -2.42. The average molecular weight is 438 g/mol. The topological polar surface area (TPSA) is 45.0 Å². The predicted molar refractivity (Wildman–Crippen MR) is 107 cm³/mol. The molecule has 4 rings (SSSR count). The van der Waals surface area contributed by atoms with E-state index in [1.165, 1.54) is 23.5 Å². The van der Waals surface area contributed by atoms with Crippen molar-refractivity contribution in [2.75, 3.05) is 0 Å². The molecular weight excluding hydrogens is 427 g/mol. The summed E-state index contributed by atoms with van der Waals surface area (Å²) < 4.78 is 27.0. The lowest BCUT2D eigenvalue weighted by molar-refractivity contribution is -0.120. The molecule has 1 amide bonds. The van der Waals surface area contributed by atoms with Crippen molar-refractivity contribution in [2.24, 2.45) is 10.1 Å². The summed E-state index contributed by atoms with van der Waals surface area (Å²) in [6.45, 7) is 0. The van der Waals surface area contributed by atoms with Crippen LogP contribution in [0.25, 0.3) is 0 Å². The molecule has 2 aliphatic rings. The molecule has 142 valence electrons. The van der Waals surface area contributed by atoms with Crippen LogP contribution in [-0.2, 0) is 4.79 Å². The van der Waals surface area contributed by atoms with E-state index in [4.69, 9.17) is 23.2 Å². The maximum absolute atomic E-state index is 13.9. The van der Waals surface area contributed by atoms with Crippen LogP contribution in [0.4, 0.5) is 8.78 Å². The number of amides is 1. The summed E-state index contributed by atoms with van der Waals surface area (Å²) in [6.07, 6.45) is 4.77. The lowest BCUT2D eigenvalue weighted by Gasteiger charge is -2.35. The lowest BCUT2D eigenvalue weighted by Crippen LogP contribution is -2.43. The van der Waals surface area contributed by atoms with Gasteiger partial charge in [-0.15, -0.1) is 0 Å². The van der Waals surface area contributed by atoms with Crippen molar-refractivity contribution in [3.63, 3.8) is 0 Å². The van der Waals surface area contributed by atoms with Crippen molar-refractivity contribution in [1.82, 2.24) is 5.01 Å². The molecule has 0 aromatic heterocycles. The summed E-state index contributed by atoms with van der Waals surface area (Å²) >= 11 is 13.6. The van der Waals surface area contributed by atoms with E-state index >= 15 is 0 Å². The normalized spacial score (nSPS) is 20.9. The minimum atomic E-state index is -0.722. The highest BCUT2D eigenvalue weighted by atomic mass is 35.5. The highest BCUT2D eigenvalue weighted by Crippen LogP contribution is 2.39. The zero-order valence-electron chi connectivity index (χ0n) is 14.0. The van der Waals surface area contributed by atoms with Gasteiger partial charge in [0.2, 0.25) is 0 Å². The predicted octanol–water partition coefficient (Wildman–Crippen LogP) is 5.27. The zero-order chi connectivity index (χ0) is 19.8. The Morgan fingerprint density at radius 3 is 2.57 bits per heavy atom. The highest BCUT2D eigenvalue weighted by Gasteiger charge is 2.39. The number of halogens is 4. The van der Waals surface area contributed by atoms with Crippen molar-refractivity contribution in [2.45, 2.75) is 16.9 Å². The van der Waals surface area contributed by atoms with Gasteiger partial charge < -0.3 is 0 Å². The molecule has 0 saturated carbocycles. The molecular formula is C19H11Cl2F2N3OS. The van der Waals surface area contributed by atoms with E-state index in [0.717, 1.165) is 17.8 Å². The van der Waals surface area contributed by atoms with Crippen LogP contribution in [0.2, 0.25) is 10.0 Å². The Labute approximate surface area is 173 Å². The molecule has 2 aromatic rings. The number of rotatable bonds is 2. The van der Waals surface area contributed by atoms with E-state index in [-0.39, 0.29) is 10.8 Å². The number of carbonyl (C=O) groups excluding carboxylic acids is 1. The molecule has 2 aromatic carbocycles. The molecule has 2 heterocycles. The van der Waals surface area contributed by atoms with Gasteiger partial charge in [-0.3, -0.25) is 4.79 Å². The molecule has 2 atom stereocenters. The molecule has 9 heteroatoms. The van der Waals surface area contributed by atoms with Gasteiger partial charge in [0.05, 0.1) is 12.0 Å². The van der Waals surface area contributed by atoms with Gasteiger partial charge in [-0.2, -0.15) is 5.10 Å². The molecule has 0 saturated heterocycles. The van der Waals surface area contributed by atoms with E-state index in [0.29, 0.717) is 20.7 Å². The first-order valence-electron chi connectivity index (χ1n) is 8.14. The smallest absolute Gasteiger partial charge is 0.257 e. The van der Waals surface area contributed by atoms with Crippen molar-refractivity contribution < 1.29 is 13.6 Å². The van der Waals surface area contributed by atoms with E-state index in [2.05, 4.69) is 10.1 Å². The van der Waals surface area contributed by atoms with Crippen LogP contribution in [0.3, 0.4) is 0 Å². The van der Waals surface area contributed by atoms with Gasteiger partial charge in [-0.25, -0.2) is 18.8 Å². The fraction of sp³-hybridized carbons (Fsp3) is 0.105. The number of benzene rings is 2. The Morgan fingerprint density at radius 2 is 1.86 bits per heavy atom. The van der Waals surface area contributed by atoms with Crippen LogP contribution in [0.15, 0.2) is 63.5 Å². The SMILES string of the molecule is O=C1N=CN2N=C(Sc3ccc(F)cc3F)C=CC2C1c1c(Cl)cccc1Cl. The van der Waals surface area contributed by atoms with E-state index in [1.54, 1.807) is 30.4 Å². The van der Waals surface area contributed by atoms with E-state index in [1.807, 2.05) is 0 Å². The molecule has 2 unspecified atom stereocenters. The number of hydrogen-bond donors (Lipinski definition) is 0. The number of hydrogen-bond acceptors (Lipinski definition) is 4. The van der Waals surface area contributed by atoms with Crippen LogP contribution in [0, 0.1) is 11.6 Å². The van der Waals surface area contributed by atoms with Gasteiger partial charge in [-0.05, 0) is 30.3 Å². The molecule has 0 radical (unpaired) electrons. The van der Waals surface area contributed by atoms with Crippen LogP contribution < -0.4 is 0 Å². The number of aliphatic imine (C=N–C) groups is 1. The third-order valence-electron chi connectivity index (χ3n) is 4.29. The quantitative estimate of drug-likeness (QED) is 0.642. The molecule has 0 spiro atoms. The van der Waals surface area contributed by atoms with Gasteiger partial charge in [0.25, 0.3) is 5.91 Å². The van der Waals surface area contributed by atoms with Crippen LogP contribution >= 0.6 is 35.0 Å². The molecule has 0 aliphatic carbocycles. The van der Waals surface area contributed by atoms with Crippen molar-refractivity contribution >= 4 is 52.3 Å². The van der Waals surface area contributed by atoms with Crippen molar-refractivity contribution in [1.29, 1.82) is 0 Å². The molecule has 0 N–H and O–H groups in total. The van der Waals surface area contributed by atoms with E-state index < -0.39 is 23.6 Å². The summed E-state index contributed by atoms with van der Waals surface area (Å²) in [5.41, 5.74) is 0.489. The van der Waals surface area contributed by atoms with Crippen molar-refractivity contribution in [3.8, 4) is 0 Å². The minimum absolute atomic E-state index is 0.235. The maximum atomic E-state index is 13.9. The Balaban J connectivity index is 1.65. The third kappa shape index (κ3) is 3.57. The maximum Gasteiger partial charge on any atom is 0.257 e.